The zero-order valence-corrected chi connectivity index (χ0v) is 29.2. The minimum atomic E-state index is 0.113. The SMILES string of the molecule is COc1cc(-c2nccc(-c3cccc(-c4ccc5c(CNC[C@@H]6CCCO6)cn(C)c5n4)c3Cl)c2Cl)ccc1CNC[C@@H]1CCC(=O)N1. The van der Waals surface area contributed by atoms with Crippen LogP contribution in [0.2, 0.25) is 10.0 Å². The van der Waals surface area contributed by atoms with E-state index in [1.165, 1.54) is 5.56 Å². The molecular weight excluding hydrogens is 659 g/mol. The first-order valence-corrected chi connectivity index (χ1v) is 17.5. The summed E-state index contributed by atoms with van der Waals surface area (Å²) in [6, 6.07) is 18.1. The quantitative estimate of drug-likeness (QED) is 0.130. The first kappa shape index (κ1) is 33.5. The molecule has 0 bridgehead atoms. The molecule has 2 aromatic carbocycles. The summed E-state index contributed by atoms with van der Waals surface area (Å²) >= 11 is 14.2. The Hall–Kier alpha value is -3.99. The number of fused-ring (bicyclic) bond motifs is 1. The number of nitrogens with one attached hydrogen (secondary N) is 3. The molecule has 254 valence electrons. The van der Waals surface area contributed by atoms with Crippen LogP contribution in [0, 0.1) is 0 Å². The summed E-state index contributed by atoms with van der Waals surface area (Å²) in [5.74, 6) is 0.842. The molecule has 2 atom stereocenters. The Kier molecular flexibility index (Phi) is 10.2. The number of aromatic nitrogens is 3. The first-order chi connectivity index (χ1) is 23.9. The lowest BCUT2D eigenvalue weighted by molar-refractivity contribution is -0.119. The van der Waals surface area contributed by atoms with Crippen LogP contribution in [0.3, 0.4) is 0 Å². The van der Waals surface area contributed by atoms with Crippen molar-refractivity contribution in [1.82, 2.24) is 30.5 Å². The maximum absolute atomic E-state index is 11.5. The molecule has 9 nitrogen and oxygen atoms in total. The maximum Gasteiger partial charge on any atom is 0.220 e. The average molecular weight is 700 g/mol. The highest BCUT2D eigenvalue weighted by Gasteiger charge is 2.21. The van der Waals surface area contributed by atoms with E-state index in [2.05, 4.69) is 37.8 Å². The van der Waals surface area contributed by atoms with Crippen LogP contribution in [-0.2, 0) is 29.7 Å². The third-order valence-electron chi connectivity index (χ3n) is 9.42. The number of hydrogen-bond donors (Lipinski definition) is 3. The van der Waals surface area contributed by atoms with Gasteiger partial charge in [0.15, 0.2) is 0 Å². The number of hydrogen-bond acceptors (Lipinski definition) is 7. The molecular formula is C38H40Cl2N6O3. The van der Waals surface area contributed by atoms with Crippen LogP contribution >= 0.6 is 23.2 Å². The molecule has 0 spiro atoms. The molecule has 11 heteroatoms. The van der Waals surface area contributed by atoms with Crippen LogP contribution in [0.5, 0.6) is 5.75 Å². The number of methoxy groups -OCH3 is 1. The molecule has 3 aromatic heterocycles. The fourth-order valence-electron chi connectivity index (χ4n) is 6.84. The number of nitrogens with zero attached hydrogens (tertiary/aromatic N) is 3. The summed E-state index contributed by atoms with van der Waals surface area (Å²) in [4.78, 5) is 21.2. The zero-order valence-electron chi connectivity index (χ0n) is 27.7. The minimum absolute atomic E-state index is 0.113. The second-order valence-electron chi connectivity index (χ2n) is 12.7. The summed E-state index contributed by atoms with van der Waals surface area (Å²) in [5, 5.41) is 12.2. The lowest BCUT2D eigenvalue weighted by atomic mass is 9.99. The van der Waals surface area contributed by atoms with Gasteiger partial charge in [0, 0.05) is 97.9 Å². The van der Waals surface area contributed by atoms with Gasteiger partial charge in [0.1, 0.15) is 11.4 Å². The van der Waals surface area contributed by atoms with E-state index in [0.29, 0.717) is 41.4 Å². The number of pyridine rings is 2. The van der Waals surface area contributed by atoms with Gasteiger partial charge in [-0.3, -0.25) is 9.78 Å². The molecule has 49 heavy (non-hydrogen) atoms. The van der Waals surface area contributed by atoms with E-state index in [9.17, 15) is 4.79 Å². The van der Waals surface area contributed by atoms with Crippen molar-refractivity contribution in [3.05, 3.63) is 88.2 Å². The standard InChI is InChI=1S/C38H40Cl2N6O3/c1-46-22-25(19-42-21-27-5-4-16-49-27)28-11-12-32(45-38(28)46)31-7-3-6-29(35(31)39)30-14-15-43-37(36(30)40)23-8-9-24(33(17-23)48-2)18-41-20-26-10-13-34(47)44-26/h3,6-9,11-12,14-15,17,22,26-27,41-42H,4-5,10,13,16,18-21H2,1-2H3,(H,44,47)/t26-,27-/m0/s1. The molecule has 7 rings (SSSR count). The molecule has 5 aromatic rings. The van der Waals surface area contributed by atoms with Gasteiger partial charge in [-0.2, -0.15) is 0 Å². The van der Waals surface area contributed by atoms with Gasteiger partial charge in [-0.25, -0.2) is 4.98 Å². The van der Waals surface area contributed by atoms with Crippen LogP contribution in [0.1, 0.15) is 36.8 Å². The summed E-state index contributed by atoms with van der Waals surface area (Å²) < 4.78 is 13.6. The highest BCUT2D eigenvalue weighted by Crippen LogP contribution is 2.42. The lowest BCUT2D eigenvalue weighted by Crippen LogP contribution is -2.35. The predicted molar refractivity (Wildman–Crippen MR) is 195 cm³/mol. The smallest absolute Gasteiger partial charge is 0.220 e. The highest BCUT2D eigenvalue weighted by molar-refractivity contribution is 6.39. The van der Waals surface area contributed by atoms with Gasteiger partial charge in [-0.15, -0.1) is 0 Å². The largest absolute Gasteiger partial charge is 0.496 e. The fraction of sp³-hybridized carbons (Fsp3) is 0.342. The average Bonchev–Trinajstić information content (AvgIpc) is 3.86. The molecule has 0 unspecified atom stereocenters. The number of halogens is 2. The Morgan fingerprint density at radius 1 is 0.980 bits per heavy atom. The van der Waals surface area contributed by atoms with Crippen molar-refractivity contribution < 1.29 is 14.3 Å². The zero-order chi connectivity index (χ0) is 33.9. The molecule has 2 aliphatic rings. The van der Waals surface area contributed by atoms with Gasteiger partial charge in [-0.05, 0) is 49.1 Å². The van der Waals surface area contributed by atoms with E-state index in [1.54, 1.807) is 13.3 Å². The fourth-order valence-corrected chi connectivity index (χ4v) is 7.48. The Morgan fingerprint density at radius 3 is 2.59 bits per heavy atom. The second kappa shape index (κ2) is 14.9. The van der Waals surface area contributed by atoms with Gasteiger partial charge >= 0.3 is 0 Å². The first-order valence-electron chi connectivity index (χ1n) is 16.8. The Labute approximate surface area is 296 Å². The van der Waals surface area contributed by atoms with Crippen molar-refractivity contribution in [2.45, 2.75) is 50.9 Å². The molecule has 3 N–H and O–H groups in total. The predicted octanol–water partition coefficient (Wildman–Crippen LogP) is 6.92. The normalized spacial score (nSPS) is 17.6. The number of amides is 1. The van der Waals surface area contributed by atoms with E-state index in [4.69, 9.17) is 37.7 Å². The number of carbonyl (C=O) groups is 1. The molecule has 0 saturated carbocycles. The third kappa shape index (κ3) is 7.18. The van der Waals surface area contributed by atoms with Gasteiger partial charge < -0.3 is 30.0 Å². The van der Waals surface area contributed by atoms with Crippen molar-refractivity contribution in [2.75, 3.05) is 26.8 Å². The summed E-state index contributed by atoms with van der Waals surface area (Å²) in [7, 11) is 3.68. The molecule has 2 saturated heterocycles. The van der Waals surface area contributed by atoms with Gasteiger partial charge in [0.05, 0.1) is 34.6 Å². The molecule has 0 radical (unpaired) electrons. The summed E-state index contributed by atoms with van der Waals surface area (Å²) in [6.07, 6.45) is 7.87. The molecule has 2 aliphatic heterocycles. The Bertz CT molecular complexity index is 1990. The van der Waals surface area contributed by atoms with Crippen molar-refractivity contribution >= 4 is 40.1 Å². The van der Waals surface area contributed by atoms with Crippen molar-refractivity contribution in [3.63, 3.8) is 0 Å². The minimum Gasteiger partial charge on any atom is -0.496 e. The number of carbonyl (C=O) groups excluding carboxylic acids is 1. The van der Waals surface area contributed by atoms with E-state index in [0.717, 1.165) is 89.3 Å². The molecule has 0 aliphatic carbocycles. The van der Waals surface area contributed by atoms with Crippen molar-refractivity contribution in [1.29, 1.82) is 0 Å². The van der Waals surface area contributed by atoms with E-state index in [1.807, 2.05) is 55.6 Å². The van der Waals surface area contributed by atoms with Gasteiger partial charge in [-0.1, -0.05) is 53.5 Å². The summed E-state index contributed by atoms with van der Waals surface area (Å²) in [6.45, 7) is 3.77. The number of ether oxygens (including phenoxy) is 2. The highest BCUT2D eigenvalue weighted by atomic mass is 35.5. The second-order valence-corrected chi connectivity index (χ2v) is 13.5. The maximum atomic E-state index is 11.5. The number of rotatable bonds is 12. The molecule has 5 heterocycles. The van der Waals surface area contributed by atoms with E-state index < -0.39 is 0 Å². The number of aryl methyl sites for hydroxylation is 1. The van der Waals surface area contributed by atoms with Crippen LogP contribution in [0.15, 0.2) is 67.0 Å². The molecule has 2 fully saturated rings. The number of benzene rings is 2. The Morgan fingerprint density at radius 2 is 1.80 bits per heavy atom. The van der Waals surface area contributed by atoms with Crippen LogP contribution < -0.4 is 20.7 Å². The lowest BCUT2D eigenvalue weighted by Gasteiger charge is -2.16. The van der Waals surface area contributed by atoms with Gasteiger partial charge in [0.25, 0.3) is 0 Å². The van der Waals surface area contributed by atoms with Gasteiger partial charge in [0.2, 0.25) is 5.91 Å². The van der Waals surface area contributed by atoms with Crippen LogP contribution in [0.25, 0.3) is 44.7 Å². The van der Waals surface area contributed by atoms with Crippen molar-refractivity contribution in [3.8, 4) is 39.4 Å². The van der Waals surface area contributed by atoms with E-state index >= 15 is 0 Å². The van der Waals surface area contributed by atoms with Crippen LogP contribution in [-0.4, -0.2) is 59.4 Å². The molecule has 1 amide bonds. The van der Waals surface area contributed by atoms with E-state index in [-0.39, 0.29) is 11.9 Å². The van der Waals surface area contributed by atoms with Crippen molar-refractivity contribution in [2.24, 2.45) is 7.05 Å². The third-order valence-corrected chi connectivity index (χ3v) is 10.2. The van der Waals surface area contributed by atoms with Crippen LogP contribution in [0.4, 0.5) is 0 Å². The summed E-state index contributed by atoms with van der Waals surface area (Å²) in [5.41, 5.74) is 7.76. The topological polar surface area (TPSA) is 102 Å². The Balaban J connectivity index is 1.12. The monoisotopic (exact) mass is 698 g/mol.